The van der Waals surface area contributed by atoms with Crippen LogP contribution in [-0.4, -0.2) is 26.7 Å². The molecule has 1 aliphatic heterocycles. The SMILES string of the molecule is Bc1cc(-c2ccc(OC(=O)OC3CCC4(C)C(C=CC5C4CCC4(C)C(C(C)CCCC(C)C)CCC54)C3)cc2)cc2c1C(C)(C)c1c3c(c4cc(C(F)(F)F)ccc4c1-2)OC(c1ccc(F)cc1)(c1ccc(OCCCC)cc1)C=C3. The monoisotopic (exact) mass is 1120 g/mol. The molecule has 12 rings (SSSR count). The van der Waals surface area contributed by atoms with Crippen LogP contribution in [0.1, 0.15) is 166 Å². The number of halogens is 4. The van der Waals surface area contributed by atoms with Crippen molar-refractivity contribution in [3.05, 3.63) is 161 Å². The fourth-order valence-corrected chi connectivity index (χ4v) is 17.3. The van der Waals surface area contributed by atoms with Gasteiger partial charge in [-0.1, -0.05) is 153 Å². The van der Waals surface area contributed by atoms with Crippen LogP contribution in [-0.2, 0) is 21.9 Å². The summed E-state index contributed by atoms with van der Waals surface area (Å²) < 4.78 is 84.4. The van der Waals surface area contributed by atoms with Crippen LogP contribution in [0.3, 0.4) is 0 Å². The minimum Gasteiger partial charge on any atom is -0.494 e. The molecule has 6 aliphatic rings. The molecule has 10 atom stereocenters. The summed E-state index contributed by atoms with van der Waals surface area (Å²) in [6.07, 6.45) is 17.4. The van der Waals surface area contributed by atoms with Crippen molar-refractivity contribution in [2.24, 2.45) is 52.3 Å². The van der Waals surface area contributed by atoms with Gasteiger partial charge in [0.25, 0.3) is 0 Å². The molecule has 0 radical (unpaired) electrons. The number of fused-ring (bicyclic) bond motifs is 13. The second-order valence-electron chi connectivity index (χ2n) is 27.2. The lowest BCUT2D eigenvalue weighted by molar-refractivity contribution is -0.137. The largest absolute Gasteiger partial charge is 0.514 e. The number of carbonyl (C=O) groups is 1. The maximum absolute atomic E-state index is 14.8. The standard InChI is InChI=1S/C73H81BF4O5/c1-9-10-38-80-52-26-18-48(19-27-52)72(47-16-22-51(75)23-17-47)37-33-57-66-64(55-28-21-50(73(76,77)78)42-58(55)67(57)83-72)59-39-46(40-63(74)65(59)69(66,5)6)45-14-24-53(25-15-45)81-68(79)82-54-32-35-70(7)49(41-54)20-29-56-61-31-30-60(44(4)13-11-12-43(2)3)71(61,8)36-34-62(56)70/h14-29,33,37,39-40,42-44,49,54,56,60-62H,9-13,30-32,34-36,38,41,74H2,1-8H3. The van der Waals surface area contributed by atoms with E-state index < -0.39 is 34.7 Å². The second-order valence-corrected chi connectivity index (χ2v) is 27.2. The highest BCUT2D eigenvalue weighted by molar-refractivity contribution is 6.35. The topological polar surface area (TPSA) is 54.0 Å². The van der Waals surface area contributed by atoms with Crippen molar-refractivity contribution in [2.75, 3.05) is 6.61 Å². The van der Waals surface area contributed by atoms with E-state index in [9.17, 15) is 22.4 Å². The van der Waals surface area contributed by atoms with Crippen molar-refractivity contribution in [3.8, 4) is 39.5 Å². The van der Waals surface area contributed by atoms with E-state index in [0.717, 1.165) is 101 Å². The lowest BCUT2D eigenvalue weighted by Crippen LogP contribution is -2.52. The molecule has 83 heavy (non-hydrogen) atoms. The summed E-state index contributed by atoms with van der Waals surface area (Å²) in [5.41, 5.74) is 6.53. The van der Waals surface area contributed by atoms with Gasteiger partial charge >= 0.3 is 12.3 Å². The molecule has 1 heterocycles. The number of unbranched alkanes of at least 4 members (excludes halogenated alkanes) is 1. The predicted octanol–water partition coefficient (Wildman–Crippen LogP) is 18.5. The number of hydrogen-bond donors (Lipinski definition) is 0. The van der Waals surface area contributed by atoms with Crippen molar-refractivity contribution in [1.82, 2.24) is 0 Å². The smallest absolute Gasteiger partial charge is 0.494 e. The van der Waals surface area contributed by atoms with Crippen molar-refractivity contribution < 1.29 is 41.3 Å². The summed E-state index contributed by atoms with van der Waals surface area (Å²) in [4.78, 5) is 13.6. The van der Waals surface area contributed by atoms with Crippen molar-refractivity contribution in [3.63, 3.8) is 0 Å². The van der Waals surface area contributed by atoms with Crippen LogP contribution in [0.15, 0.2) is 121 Å². The van der Waals surface area contributed by atoms with Gasteiger partial charge in [-0.2, -0.15) is 13.2 Å². The third-order valence-electron chi connectivity index (χ3n) is 21.5. The minimum absolute atomic E-state index is 0.195. The molecule has 434 valence electrons. The lowest BCUT2D eigenvalue weighted by atomic mass is 9.46. The van der Waals surface area contributed by atoms with Crippen LogP contribution in [0, 0.1) is 58.1 Å². The Kier molecular flexibility index (Phi) is 14.9. The number of ether oxygens (including phenoxy) is 4. The third kappa shape index (κ3) is 10.0. The van der Waals surface area contributed by atoms with Gasteiger partial charge in [0.1, 0.15) is 37.0 Å². The predicted molar refractivity (Wildman–Crippen MR) is 328 cm³/mol. The van der Waals surface area contributed by atoms with Crippen LogP contribution in [0.4, 0.5) is 22.4 Å². The average Bonchev–Trinajstić information content (AvgIpc) is 2.76. The number of alkyl halides is 3. The molecule has 5 aliphatic carbocycles. The molecule has 0 N–H and O–H groups in total. The fourth-order valence-electron chi connectivity index (χ4n) is 17.3. The van der Waals surface area contributed by atoms with Gasteiger partial charge in [-0.05, 0) is 203 Å². The van der Waals surface area contributed by atoms with E-state index in [-0.39, 0.29) is 11.5 Å². The van der Waals surface area contributed by atoms with Gasteiger partial charge < -0.3 is 18.9 Å². The first-order valence-corrected chi connectivity index (χ1v) is 31.0. The number of hydrogen-bond acceptors (Lipinski definition) is 5. The minimum atomic E-state index is -4.63. The van der Waals surface area contributed by atoms with E-state index in [1.807, 2.05) is 48.6 Å². The Morgan fingerprint density at radius 1 is 0.747 bits per heavy atom. The Balaban J connectivity index is 0.792. The molecule has 0 bridgehead atoms. The van der Waals surface area contributed by atoms with E-state index in [1.54, 1.807) is 30.3 Å². The number of carbonyl (C=O) groups excluding carboxylic acids is 1. The molecule has 0 aromatic heterocycles. The summed E-state index contributed by atoms with van der Waals surface area (Å²) in [5, 5.41) is 0.949. The van der Waals surface area contributed by atoms with E-state index >= 15 is 0 Å². The Bertz CT molecular complexity index is 3490. The zero-order valence-electron chi connectivity index (χ0n) is 50.0. The summed E-state index contributed by atoms with van der Waals surface area (Å²) in [6.45, 7) is 19.4. The van der Waals surface area contributed by atoms with Crippen LogP contribution in [0.2, 0.25) is 0 Å². The van der Waals surface area contributed by atoms with Crippen molar-refractivity contribution in [1.29, 1.82) is 0 Å². The highest BCUT2D eigenvalue weighted by atomic mass is 19.4. The quantitative estimate of drug-likeness (QED) is 0.0272. The summed E-state index contributed by atoms with van der Waals surface area (Å²) in [6, 6.07) is 29.3. The maximum Gasteiger partial charge on any atom is 0.514 e. The van der Waals surface area contributed by atoms with E-state index in [1.165, 1.54) is 63.1 Å². The molecule has 6 aromatic rings. The normalized spacial score (nSPS) is 27.6. The number of benzene rings is 6. The molecule has 0 saturated heterocycles. The zero-order valence-corrected chi connectivity index (χ0v) is 50.0. The number of rotatable bonds is 14. The van der Waals surface area contributed by atoms with Gasteiger partial charge in [0.05, 0.1) is 12.2 Å². The maximum atomic E-state index is 14.8. The van der Waals surface area contributed by atoms with Gasteiger partial charge in [-0.15, -0.1) is 0 Å². The first kappa shape index (κ1) is 57.2. The highest BCUT2D eigenvalue weighted by Gasteiger charge is 2.60. The summed E-state index contributed by atoms with van der Waals surface area (Å²) in [5.74, 6) is 5.76. The molecule has 5 nitrogen and oxygen atoms in total. The van der Waals surface area contributed by atoms with Crippen molar-refractivity contribution in [2.45, 2.75) is 156 Å². The Morgan fingerprint density at radius 3 is 2.16 bits per heavy atom. The van der Waals surface area contributed by atoms with Crippen LogP contribution in [0.5, 0.6) is 17.2 Å². The molecular weight excluding hydrogens is 1040 g/mol. The first-order valence-electron chi connectivity index (χ1n) is 31.0. The number of allylic oxidation sites excluding steroid dienone is 2. The molecule has 10 unspecified atom stereocenters. The van der Waals surface area contributed by atoms with Gasteiger partial charge in [0, 0.05) is 27.5 Å². The molecule has 0 amide bonds. The Labute approximate surface area is 490 Å². The summed E-state index contributed by atoms with van der Waals surface area (Å²) in [7, 11) is 2.09. The third-order valence-corrected chi connectivity index (χ3v) is 21.5. The molecular formula is C73H81BF4O5. The van der Waals surface area contributed by atoms with Gasteiger partial charge in [0.2, 0.25) is 0 Å². The van der Waals surface area contributed by atoms with Gasteiger partial charge in [-0.3, -0.25) is 0 Å². The summed E-state index contributed by atoms with van der Waals surface area (Å²) >= 11 is 0. The Hall–Kier alpha value is -6.29. The van der Waals surface area contributed by atoms with Gasteiger partial charge in [-0.25, -0.2) is 9.18 Å². The molecule has 3 saturated carbocycles. The van der Waals surface area contributed by atoms with E-state index in [4.69, 9.17) is 18.9 Å². The molecule has 0 spiro atoms. The van der Waals surface area contributed by atoms with E-state index in [0.29, 0.717) is 74.5 Å². The fraction of sp³-hybridized carbons (Fsp3) is 0.466. The van der Waals surface area contributed by atoms with Gasteiger partial charge in [0.15, 0.2) is 5.60 Å². The lowest BCUT2D eigenvalue weighted by Gasteiger charge is -2.59. The Morgan fingerprint density at radius 2 is 1.45 bits per heavy atom. The van der Waals surface area contributed by atoms with Crippen LogP contribution >= 0.6 is 0 Å². The van der Waals surface area contributed by atoms with Crippen LogP contribution < -0.4 is 19.7 Å². The first-order chi connectivity index (χ1) is 39.6. The highest BCUT2D eigenvalue weighted by Crippen LogP contribution is 2.67. The average molecular weight is 1130 g/mol. The second kappa shape index (κ2) is 21.7. The van der Waals surface area contributed by atoms with Crippen molar-refractivity contribution >= 4 is 36.3 Å². The van der Waals surface area contributed by atoms with E-state index in [2.05, 4.69) is 87.5 Å². The molecule has 6 aromatic carbocycles. The van der Waals surface area contributed by atoms with Crippen LogP contribution in [0.25, 0.3) is 39.1 Å². The molecule has 10 heteroatoms. The zero-order chi connectivity index (χ0) is 58.4. The molecule has 3 fully saturated rings.